The molecule has 0 fully saturated rings. The van der Waals surface area contributed by atoms with Gasteiger partial charge in [0.25, 0.3) is 0 Å². The molecule has 0 unspecified atom stereocenters. The minimum absolute atomic E-state index is 0.154. The van der Waals surface area contributed by atoms with Gasteiger partial charge in [0.1, 0.15) is 28.9 Å². The first-order valence-corrected chi connectivity index (χ1v) is 11.1. The van der Waals surface area contributed by atoms with Gasteiger partial charge in [0.2, 0.25) is 5.91 Å². The fraction of sp³-hybridized carbons (Fsp3) is 0.783. The molecule has 0 aliphatic heterocycles. The molecule has 2 atom stereocenters. The minimum Gasteiger partial charge on any atom is -0.480 e. The molecule has 0 saturated heterocycles. The number of alkyl carbamates (subject to hydrolysis) is 1. The van der Waals surface area contributed by atoms with Crippen LogP contribution in [-0.4, -0.2) is 63.9 Å². The van der Waals surface area contributed by atoms with Crippen LogP contribution in [0.15, 0.2) is 0 Å². The number of carboxylic acid groups (broad SMARTS) is 1. The Morgan fingerprint density at radius 3 is 1.38 bits per heavy atom. The summed E-state index contributed by atoms with van der Waals surface area (Å²) >= 11 is 0. The van der Waals surface area contributed by atoms with Crippen LogP contribution in [0.1, 0.15) is 88.0 Å². The van der Waals surface area contributed by atoms with Crippen LogP contribution in [0.2, 0.25) is 0 Å². The zero-order valence-corrected chi connectivity index (χ0v) is 21.7. The van der Waals surface area contributed by atoms with Gasteiger partial charge in [0, 0.05) is 12.8 Å². The number of hydrogen-bond acceptors (Lipinski definition) is 8. The van der Waals surface area contributed by atoms with Crippen molar-refractivity contribution in [1.29, 1.82) is 0 Å². The van der Waals surface area contributed by atoms with E-state index in [1.807, 2.05) is 0 Å². The zero-order chi connectivity index (χ0) is 26.9. The Morgan fingerprint density at radius 1 is 0.647 bits per heavy atom. The molecule has 0 aromatic rings. The summed E-state index contributed by atoms with van der Waals surface area (Å²) in [5.74, 6) is -3.40. The molecule has 0 saturated carbocycles. The van der Waals surface area contributed by atoms with E-state index in [4.69, 9.17) is 14.2 Å². The largest absolute Gasteiger partial charge is 0.480 e. The maximum absolute atomic E-state index is 12.8. The highest BCUT2D eigenvalue weighted by molar-refractivity contribution is 5.89. The quantitative estimate of drug-likeness (QED) is 0.310. The normalized spacial score (nSPS) is 13.8. The van der Waals surface area contributed by atoms with Gasteiger partial charge in [-0.15, -0.1) is 0 Å². The van der Waals surface area contributed by atoms with Crippen molar-refractivity contribution in [3.63, 3.8) is 0 Å². The number of carboxylic acids is 1. The van der Waals surface area contributed by atoms with Crippen LogP contribution in [-0.2, 0) is 33.4 Å². The molecule has 3 N–H and O–H groups in total. The van der Waals surface area contributed by atoms with E-state index < -0.39 is 58.8 Å². The van der Waals surface area contributed by atoms with Gasteiger partial charge in [-0.1, -0.05) is 0 Å². The highest BCUT2D eigenvalue weighted by Crippen LogP contribution is 2.13. The van der Waals surface area contributed by atoms with Crippen LogP contribution in [0.3, 0.4) is 0 Å². The fourth-order valence-corrected chi connectivity index (χ4v) is 2.56. The molecule has 0 rings (SSSR count). The summed E-state index contributed by atoms with van der Waals surface area (Å²) in [6.07, 6.45) is -1.73. The first kappa shape index (κ1) is 31.1. The molecule has 2 amide bonds. The van der Waals surface area contributed by atoms with Crippen LogP contribution in [0.25, 0.3) is 0 Å². The van der Waals surface area contributed by atoms with Gasteiger partial charge in [-0.3, -0.25) is 14.4 Å². The van der Waals surface area contributed by atoms with Crippen molar-refractivity contribution < 1.29 is 43.3 Å². The number of hydrogen-bond donors (Lipinski definition) is 3. The van der Waals surface area contributed by atoms with Gasteiger partial charge >= 0.3 is 24.0 Å². The molecule has 0 aromatic heterocycles. The molecular weight excluding hydrogens is 448 g/mol. The molecule has 0 aromatic carbocycles. The summed E-state index contributed by atoms with van der Waals surface area (Å²) in [7, 11) is 0. The van der Waals surface area contributed by atoms with E-state index in [9.17, 15) is 29.1 Å². The number of esters is 2. The Kier molecular flexibility index (Phi) is 11.5. The Balaban J connectivity index is 5.32. The second kappa shape index (κ2) is 12.6. The van der Waals surface area contributed by atoms with E-state index in [-0.39, 0.29) is 25.7 Å². The molecule has 11 heteroatoms. The number of rotatable bonds is 10. The van der Waals surface area contributed by atoms with Gasteiger partial charge in [-0.25, -0.2) is 9.59 Å². The SMILES string of the molecule is CC(C)(C)OC(=O)CC[C@H](NC(=O)OC(C)(C)C)C(=O)N[C@H](CCC(=O)OC(C)(C)C)C(=O)O. The highest BCUT2D eigenvalue weighted by Gasteiger charge is 2.30. The van der Waals surface area contributed by atoms with Crippen molar-refractivity contribution in [2.24, 2.45) is 0 Å². The predicted octanol–water partition coefficient (Wildman–Crippen LogP) is 2.69. The Bertz CT molecular complexity index is 743. The van der Waals surface area contributed by atoms with Crippen molar-refractivity contribution in [1.82, 2.24) is 10.6 Å². The first-order chi connectivity index (χ1) is 15.2. The van der Waals surface area contributed by atoms with Gasteiger partial charge in [-0.05, 0) is 75.2 Å². The lowest BCUT2D eigenvalue weighted by Gasteiger charge is -2.25. The van der Waals surface area contributed by atoms with Crippen molar-refractivity contribution in [2.45, 2.75) is 117 Å². The van der Waals surface area contributed by atoms with Crippen LogP contribution in [0.4, 0.5) is 4.79 Å². The lowest BCUT2D eigenvalue weighted by molar-refractivity contribution is -0.156. The van der Waals surface area contributed by atoms with Gasteiger partial charge in [0.05, 0.1) is 0 Å². The maximum Gasteiger partial charge on any atom is 0.408 e. The first-order valence-electron chi connectivity index (χ1n) is 11.1. The Labute approximate surface area is 201 Å². The van der Waals surface area contributed by atoms with Gasteiger partial charge < -0.3 is 30.0 Å². The van der Waals surface area contributed by atoms with E-state index in [1.165, 1.54) is 0 Å². The lowest BCUT2D eigenvalue weighted by Crippen LogP contribution is -2.52. The third kappa shape index (κ3) is 15.9. The van der Waals surface area contributed by atoms with Crippen LogP contribution >= 0.6 is 0 Å². The molecule has 0 heterocycles. The average Bonchev–Trinajstić information content (AvgIpc) is 2.56. The molecule has 11 nitrogen and oxygen atoms in total. The molecule has 34 heavy (non-hydrogen) atoms. The number of nitrogens with one attached hydrogen (secondary N) is 2. The van der Waals surface area contributed by atoms with Crippen LogP contribution < -0.4 is 10.6 Å². The number of ether oxygens (including phenoxy) is 3. The van der Waals surface area contributed by atoms with Crippen LogP contribution in [0.5, 0.6) is 0 Å². The second-order valence-corrected chi connectivity index (χ2v) is 10.8. The monoisotopic (exact) mass is 488 g/mol. The number of carbonyl (C=O) groups excluding carboxylic acids is 4. The second-order valence-electron chi connectivity index (χ2n) is 10.8. The van der Waals surface area contributed by atoms with E-state index in [1.54, 1.807) is 62.3 Å². The summed E-state index contributed by atoms with van der Waals surface area (Å²) in [4.78, 5) is 60.7. The van der Waals surface area contributed by atoms with E-state index in [0.29, 0.717) is 0 Å². The van der Waals surface area contributed by atoms with Gasteiger partial charge in [-0.2, -0.15) is 0 Å². The topological polar surface area (TPSA) is 157 Å². The number of carbonyl (C=O) groups is 5. The summed E-state index contributed by atoms with van der Waals surface area (Å²) in [6, 6.07) is -2.68. The van der Waals surface area contributed by atoms with E-state index in [0.717, 1.165) is 0 Å². The van der Waals surface area contributed by atoms with Crippen molar-refractivity contribution in [3.05, 3.63) is 0 Å². The zero-order valence-electron chi connectivity index (χ0n) is 21.7. The van der Waals surface area contributed by atoms with E-state index >= 15 is 0 Å². The summed E-state index contributed by atoms with van der Waals surface area (Å²) < 4.78 is 15.5. The summed E-state index contributed by atoms with van der Waals surface area (Å²) in [5.41, 5.74) is -2.31. The van der Waals surface area contributed by atoms with Gasteiger partial charge in [0.15, 0.2) is 0 Å². The summed E-state index contributed by atoms with van der Waals surface area (Å²) in [6.45, 7) is 15.0. The van der Waals surface area contributed by atoms with Crippen molar-refractivity contribution in [3.8, 4) is 0 Å². The molecule has 0 bridgehead atoms. The molecule has 0 aliphatic carbocycles. The third-order valence-corrected chi connectivity index (χ3v) is 3.74. The molecule has 0 aliphatic rings. The third-order valence-electron chi connectivity index (χ3n) is 3.74. The molecule has 0 radical (unpaired) electrons. The molecule has 196 valence electrons. The maximum atomic E-state index is 12.8. The molecular formula is C23H40N2O9. The van der Waals surface area contributed by atoms with Crippen molar-refractivity contribution >= 4 is 29.9 Å². The fourth-order valence-electron chi connectivity index (χ4n) is 2.56. The van der Waals surface area contributed by atoms with Crippen molar-refractivity contribution in [2.75, 3.05) is 0 Å². The smallest absolute Gasteiger partial charge is 0.408 e. The number of amides is 2. The summed E-state index contributed by atoms with van der Waals surface area (Å²) in [5, 5.41) is 14.1. The lowest BCUT2D eigenvalue weighted by atomic mass is 10.1. The van der Waals surface area contributed by atoms with E-state index in [2.05, 4.69) is 10.6 Å². The Morgan fingerprint density at radius 2 is 1.03 bits per heavy atom. The minimum atomic E-state index is -1.41. The predicted molar refractivity (Wildman–Crippen MR) is 123 cm³/mol. The van der Waals surface area contributed by atoms with Crippen LogP contribution in [0, 0.1) is 0 Å². The number of aliphatic carboxylic acids is 1. The Hall–Kier alpha value is -2.85. The molecule has 0 spiro atoms. The highest BCUT2D eigenvalue weighted by atomic mass is 16.6. The standard InChI is InChI=1S/C23H40N2O9/c1-21(2,3)32-16(26)12-10-14(25-20(31)34-23(7,8)9)18(28)24-15(19(29)30)11-13-17(27)33-22(4,5)6/h14-15H,10-13H2,1-9H3,(H,24,28)(H,25,31)(H,29,30)/t14-,15+/m0/s1. The average molecular weight is 489 g/mol.